The number of halogens is 3. The Morgan fingerprint density at radius 2 is 2.00 bits per heavy atom. The lowest BCUT2D eigenvalue weighted by atomic mass is 10.5. The third kappa shape index (κ3) is 4.05. The van der Waals surface area contributed by atoms with Gasteiger partial charge in [0, 0.05) is 23.6 Å². The summed E-state index contributed by atoms with van der Waals surface area (Å²) in [5, 5.41) is 0.548. The lowest BCUT2D eigenvalue weighted by Gasteiger charge is -2.10. The molecule has 4 nitrogen and oxygen atoms in total. The average molecular weight is 301 g/mol. The third-order valence-electron chi connectivity index (χ3n) is 1.55. The minimum atomic E-state index is -5.63. The molecule has 0 aliphatic heterocycles. The molecule has 0 aliphatic rings. The van der Waals surface area contributed by atoms with Crippen LogP contribution in [0.25, 0.3) is 0 Å². The van der Waals surface area contributed by atoms with Gasteiger partial charge in [-0.05, 0) is 0 Å². The molecular weight excluding hydrogens is 291 g/mol. The monoisotopic (exact) mass is 301 g/mol. The molecule has 0 saturated heterocycles. The quantitative estimate of drug-likeness (QED) is 0.486. The summed E-state index contributed by atoms with van der Waals surface area (Å²) in [6, 6.07) is 2.20. The maximum Gasteiger partial charge on any atom is 0.534 e. The molecule has 0 spiro atoms. The number of rotatable bonds is 4. The van der Waals surface area contributed by atoms with E-state index in [1.54, 1.807) is 0 Å². The predicted octanol–water partition coefficient (Wildman–Crippen LogP) is 2.81. The summed E-state index contributed by atoms with van der Waals surface area (Å²) in [5.41, 5.74) is -5.44. The summed E-state index contributed by atoms with van der Waals surface area (Å²) in [4.78, 5) is 3.88. The first kappa shape index (κ1) is 15.1. The molecule has 0 radical (unpaired) electrons. The highest BCUT2D eigenvalue weighted by Gasteiger charge is 2.48. The second kappa shape index (κ2) is 5.35. The molecule has 0 aromatic carbocycles. The molecule has 0 N–H and O–H groups in total. The van der Waals surface area contributed by atoms with Crippen LogP contribution in [0.3, 0.4) is 0 Å². The largest absolute Gasteiger partial charge is 0.534 e. The van der Waals surface area contributed by atoms with Gasteiger partial charge in [-0.1, -0.05) is 13.8 Å². The van der Waals surface area contributed by atoms with Crippen LogP contribution >= 0.6 is 11.8 Å². The van der Waals surface area contributed by atoms with Crippen molar-refractivity contribution in [3.05, 3.63) is 18.3 Å². The van der Waals surface area contributed by atoms with Crippen LogP contribution < -0.4 is 4.18 Å². The molecular formula is C9H10F3NO3S2. The van der Waals surface area contributed by atoms with Gasteiger partial charge in [-0.3, -0.25) is 0 Å². The molecule has 102 valence electrons. The molecule has 0 saturated carbocycles. The van der Waals surface area contributed by atoms with Crippen LogP contribution in [0.15, 0.2) is 23.4 Å². The van der Waals surface area contributed by atoms with Crippen molar-refractivity contribution in [1.29, 1.82) is 0 Å². The van der Waals surface area contributed by atoms with E-state index in [-0.39, 0.29) is 5.25 Å². The van der Waals surface area contributed by atoms with Gasteiger partial charge in [-0.15, -0.1) is 11.8 Å². The van der Waals surface area contributed by atoms with Crippen molar-refractivity contribution in [2.75, 3.05) is 0 Å². The predicted molar refractivity (Wildman–Crippen MR) is 60.8 cm³/mol. The first-order valence-electron chi connectivity index (χ1n) is 4.75. The lowest BCUT2D eigenvalue weighted by Crippen LogP contribution is -2.28. The van der Waals surface area contributed by atoms with E-state index in [0.29, 0.717) is 5.03 Å². The van der Waals surface area contributed by atoms with E-state index >= 15 is 0 Å². The van der Waals surface area contributed by atoms with Gasteiger partial charge >= 0.3 is 15.6 Å². The van der Waals surface area contributed by atoms with E-state index in [4.69, 9.17) is 0 Å². The number of thioether (sulfide) groups is 1. The zero-order valence-electron chi connectivity index (χ0n) is 9.43. The highest BCUT2D eigenvalue weighted by molar-refractivity contribution is 7.99. The van der Waals surface area contributed by atoms with Crippen LogP contribution in [0.5, 0.6) is 5.75 Å². The van der Waals surface area contributed by atoms with E-state index in [0.717, 1.165) is 12.1 Å². The second-order valence-electron chi connectivity index (χ2n) is 3.48. The van der Waals surface area contributed by atoms with Crippen molar-refractivity contribution >= 4 is 21.9 Å². The first-order chi connectivity index (χ1) is 8.12. The van der Waals surface area contributed by atoms with Gasteiger partial charge < -0.3 is 4.18 Å². The molecule has 0 atom stereocenters. The zero-order chi connectivity index (χ0) is 14.0. The van der Waals surface area contributed by atoms with E-state index in [1.165, 1.54) is 18.0 Å². The van der Waals surface area contributed by atoms with Crippen LogP contribution in [0, 0.1) is 0 Å². The Morgan fingerprint density at radius 1 is 1.39 bits per heavy atom. The van der Waals surface area contributed by atoms with E-state index in [2.05, 4.69) is 9.17 Å². The number of alkyl halides is 3. The molecule has 18 heavy (non-hydrogen) atoms. The number of hydrogen-bond donors (Lipinski definition) is 0. The second-order valence-corrected chi connectivity index (χ2v) is 6.61. The minimum absolute atomic E-state index is 0.159. The molecule has 0 unspecified atom stereocenters. The number of hydrogen-bond acceptors (Lipinski definition) is 5. The van der Waals surface area contributed by atoms with Crippen LogP contribution in [0.4, 0.5) is 13.2 Å². The molecule has 0 aliphatic carbocycles. The van der Waals surface area contributed by atoms with Gasteiger partial charge in [0.2, 0.25) is 0 Å². The summed E-state index contributed by atoms with van der Waals surface area (Å²) < 4.78 is 61.8. The number of pyridine rings is 1. The van der Waals surface area contributed by atoms with Crippen LogP contribution in [0.2, 0.25) is 0 Å². The molecule has 9 heteroatoms. The molecule has 0 bridgehead atoms. The van der Waals surface area contributed by atoms with Gasteiger partial charge in [-0.2, -0.15) is 21.6 Å². The number of aromatic nitrogens is 1. The molecule has 1 heterocycles. The topological polar surface area (TPSA) is 56.3 Å². The summed E-state index contributed by atoms with van der Waals surface area (Å²) in [5.74, 6) is -0.412. The normalized spacial score (nSPS) is 12.8. The van der Waals surface area contributed by atoms with E-state index in [1.807, 2.05) is 13.8 Å². The Hall–Kier alpha value is -0.960. The van der Waals surface area contributed by atoms with Gasteiger partial charge in [0.15, 0.2) is 0 Å². The molecule has 1 aromatic heterocycles. The molecule has 1 rings (SSSR count). The number of nitrogens with zero attached hydrogens (tertiary/aromatic N) is 1. The lowest BCUT2D eigenvalue weighted by molar-refractivity contribution is -0.0500. The summed E-state index contributed by atoms with van der Waals surface area (Å²) in [6.45, 7) is 3.73. The van der Waals surface area contributed by atoms with Gasteiger partial charge in [0.05, 0.1) is 5.03 Å². The SMILES string of the molecule is CC(C)Sc1cc(OS(=O)(=O)C(F)(F)F)ccn1. The maximum absolute atomic E-state index is 12.1. The third-order valence-corrected chi connectivity index (χ3v) is 3.47. The standard InChI is InChI=1S/C9H10F3NO3S2/c1-6(2)17-8-5-7(3-4-13-8)16-18(14,15)9(10,11)12/h3-6H,1-2H3. The Labute approximate surface area is 107 Å². The van der Waals surface area contributed by atoms with Gasteiger partial charge in [0.1, 0.15) is 5.75 Å². The fraction of sp³-hybridized carbons (Fsp3) is 0.444. The van der Waals surface area contributed by atoms with Gasteiger partial charge in [0.25, 0.3) is 0 Å². The highest BCUT2D eigenvalue weighted by atomic mass is 32.2. The van der Waals surface area contributed by atoms with Crippen LogP contribution in [0.1, 0.15) is 13.8 Å². The fourth-order valence-electron chi connectivity index (χ4n) is 0.923. The highest BCUT2D eigenvalue weighted by Crippen LogP contribution is 2.29. The van der Waals surface area contributed by atoms with Crippen molar-refractivity contribution < 1.29 is 25.8 Å². The Morgan fingerprint density at radius 3 is 2.50 bits per heavy atom. The van der Waals surface area contributed by atoms with E-state index < -0.39 is 21.4 Å². The fourth-order valence-corrected chi connectivity index (χ4v) is 2.16. The first-order valence-corrected chi connectivity index (χ1v) is 7.04. The van der Waals surface area contributed by atoms with E-state index in [9.17, 15) is 21.6 Å². The van der Waals surface area contributed by atoms with Crippen LogP contribution in [-0.2, 0) is 10.1 Å². The van der Waals surface area contributed by atoms with Crippen LogP contribution in [-0.4, -0.2) is 24.2 Å². The summed E-state index contributed by atoms with van der Waals surface area (Å²) >= 11 is 1.28. The molecule has 0 amide bonds. The maximum atomic E-state index is 12.1. The van der Waals surface area contributed by atoms with Crippen molar-refractivity contribution in [2.45, 2.75) is 29.6 Å². The smallest absolute Gasteiger partial charge is 0.376 e. The molecule has 0 fully saturated rings. The Bertz CT molecular complexity index is 514. The van der Waals surface area contributed by atoms with Crippen molar-refractivity contribution in [2.24, 2.45) is 0 Å². The van der Waals surface area contributed by atoms with Gasteiger partial charge in [-0.25, -0.2) is 4.98 Å². The molecule has 1 aromatic rings. The average Bonchev–Trinajstić information content (AvgIpc) is 2.14. The Balaban J connectivity index is 2.93. The van der Waals surface area contributed by atoms with Crippen molar-refractivity contribution in [1.82, 2.24) is 4.98 Å². The van der Waals surface area contributed by atoms with Crippen molar-refractivity contribution in [3.63, 3.8) is 0 Å². The minimum Gasteiger partial charge on any atom is -0.376 e. The van der Waals surface area contributed by atoms with Crippen molar-refractivity contribution in [3.8, 4) is 5.75 Å². The zero-order valence-corrected chi connectivity index (χ0v) is 11.1. The summed E-state index contributed by atoms with van der Waals surface area (Å²) in [6.07, 6.45) is 1.19. The summed E-state index contributed by atoms with van der Waals surface area (Å²) in [7, 11) is -5.63. The Kier molecular flexibility index (Phi) is 4.49.